The van der Waals surface area contributed by atoms with Gasteiger partial charge in [0.15, 0.2) is 5.78 Å². The number of hydrogen-bond donors (Lipinski definition) is 0. The van der Waals surface area contributed by atoms with Gasteiger partial charge in [-0.1, -0.05) is 0 Å². The molecule has 0 aromatic heterocycles. The van der Waals surface area contributed by atoms with Crippen molar-refractivity contribution in [3.05, 3.63) is 23.8 Å². The summed E-state index contributed by atoms with van der Waals surface area (Å²) < 4.78 is 10.8. The van der Waals surface area contributed by atoms with Crippen molar-refractivity contribution in [2.24, 2.45) is 5.92 Å². The van der Waals surface area contributed by atoms with Crippen LogP contribution in [0, 0.1) is 5.92 Å². The summed E-state index contributed by atoms with van der Waals surface area (Å²) >= 11 is 0. The Balaban J connectivity index is 2.08. The van der Waals surface area contributed by atoms with Crippen LogP contribution < -0.4 is 9.47 Å². The van der Waals surface area contributed by atoms with Gasteiger partial charge in [0.1, 0.15) is 17.6 Å². The first kappa shape index (κ1) is 8.77. The molecule has 1 fully saturated rings. The number of Topliss-reactive ketones (excluding diaryl/α,β-unsaturated/α-hetero) is 1. The molecular weight excluding hydrogens is 192 g/mol. The summed E-state index contributed by atoms with van der Waals surface area (Å²) in [5.41, 5.74) is 0.709. The Bertz CT molecular complexity index is 419. The van der Waals surface area contributed by atoms with Gasteiger partial charge in [0, 0.05) is 12.0 Å². The molecule has 3 nitrogen and oxygen atoms in total. The maximum atomic E-state index is 12.0. The van der Waals surface area contributed by atoms with Crippen LogP contribution in [0.3, 0.4) is 0 Å². The molecule has 3 aliphatic rings. The number of ketones is 1. The summed E-state index contributed by atoms with van der Waals surface area (Å²) in [6, 6.07) is 5.41. The predicted octanol–water partition coefficient (Wildman–Crippen LogP) is 2.05. The summed E-state index contributed by atoms with van der Waals surface area (Å²) in [5, 5.41) is 0. The van der Waals surface area contributed by atoms with Crippen LogP contribution in [-0.4, -0.2) is 19.0 Å². The fraction of sp³-hybridized carbons (Fsp3) is 0.417. The van der Waals surface area contributed by atoms with Gasteiger partial charge in [-0.05, 0) is 25.0 Å². The zero-order valence-corrected chi connectivity index (χ0v) is 8.53. The molecule has 0 amide bonds. The number of hydrogen-bond acceptors (Lipinski definition) is 3. The van der Waals surface area contributed by atoms with Gasteiger partial charge in [-0.3, -0.25) is 4.79 Å². The van der Waals surface area contributed by atoms with Crippen molar-refractivity contribution in [2.45, 2.75) is 18.9 Å². The third-order valence-electron chi connectivity index (χ3n) is 3.21. The second-order valence-corrected chi connectivity index (χ2v) is 4.13. The Morgan fingerprint density at radius 3 is 2.93 bits per heavy atom. The van der Waals surface area contributed by atoms with E-state index in [2.05, 4.69) is 0 Å². The first-order chi connectivity index (χ1) is 7.28. The largest absolute Gasteiger partial charge is 0.497 e. The molecule has 1 aliphatic carbocycles. The molecule has 1 aromatic carbocycles. The van der Waals surface area contributed by atoms with Gasteiger partial charge in [-0.15, -0.1) is 0 Å². The van der Waals surface area contributed by atoms with E-state index in [-0.39, 0.29) is 17.8 Å². The molecule has 1 aromatic rings. The normalized spacial score (nSPS) is 27.1. The van der Waals surface area contributed by atoms with Crippen LogP contribution in [0.4, 0.5) is 0 Å². The number of carbonyl (C=O) groups is 1. The van der Waals surface area contributed by atoms with E-state index in [1.54, 1.807) is 19.2 Å². The van der Waals surface area contributed by atoms with Crippen molar-refractivity contribution in [1.29, 1.82) is 0 Å². The highest BCUT2D eigenvalue weighted by Crippen LogP contribution is 2.41. The smallest absolute Gasteiger partial charge is 0.169 e. The monoisotopic (exact) mass is 204 g/mol. The molecule has 1 saturated carbocycles. The highest BCUT2D eigenvalue weighted by molar-refractivity contribution is 6.01. The highest BCUT2D eigenvalue weighted by Gasteiger charge is 2.41. The van der Waals surface area contributed by atoms with Gasteiger partial charge < -0.3 is 9.47 Å². The van der Waals surface area contributed by atoms with Gasteiger partial charge in [-0.2, -0.15) is 0 Å². The highest BCUT2D eigenvalue weighted by atomic mass is 16.5. The lowest BCUT2D eigenvalue weighted by molar-refractivity contribution is 0.0595. The Morgan fingerprint density at radius 2 is 2.20 bits per heavy atom. The molecule has 2 aliphatic heterocycles. The Labute approximate surface area is 88.0 Å². The lowest BCUT2D eigenvalue weighted by Crippen LogP contribution is -2.34. The number of methoxy groups -OCH3 is 1. The molecule has 2 heterocycles. The van der Waals surface area contributed by atoms with Gasteiger partial charge in [0.05, 0.1) is 12.7 Å². The summed E-state index contributed by atoms with van der Waals surface area (Å²) in [6.45, 7) is 0. The third-order valence-corrected chi connectivity index (χ3v) is 3.21. The van der Waals surface area contributed by atoms with Crippen LogP contribution >= 0.6 is 0 Å². The van der Waals surface area contributed by atoms with E-state index >= 15 is 0 Å². The first-order valence-corrected chi connectivity index (χ1v) is 5.17. The first-order valence-electron chi connectivity index (χ1n) is 5.17. The van der Waals surface area contributed by atoms with Gasteiger partial charge in [-0.25, -0.2) is 0 Å². The predicted molar refractivity (Wildman–Crippen MR) is 54.5 cm³/mol. The van der Waals surface area contributed by atoms with E-state index < -0.39 is 0 Å². The fourth-order valence-electron chi connectivity index (χ4n) is 2.21. The molecule has 15 heavy (non-hydrogen) atoms. The van der Waals surface area contributed by atoms with Crippen molar-refractivity contribution in [2.75, 3.05) is 7.11 Å². The van der Waals surface area contributed by atoms with Gasteiger partial charge >= 0.3 is 0 Å². The van der Waals surface area contributed by atoms with Crippen LogP contribution in [0.1, 0.15) is 23.2 Å². The average molecular weight is 204 g/mol. The van der Waals surface area contributed by atoms with Gasteiger partial charge in [0.2, 0.25) is 0 Å². The topological polar surface area (TPSA) is 35.5 Å². The standard InChI is InChI=1S/C12H12O3/c1-14-8-2-3-10-11(6-8)15-9-4-7(5-9)12(10)13/h2-3,6-7,9H,4-5H2,1H3. The van der Waals surface area contributed by atoms with E-state index in [0.29, 0.717) is 11.3 Å². The Hall–Kier alpha value is -1.51. The van der Waals surface area contributed by atoms with Crippen molar-refractivity contribution in [3.63, 3.8) is 0 Å². The lowest BCUT2D eigenvalue weighted by Gasteiger charge is -2.30. The zero-order chi connectivity index (χ0) is 10.4. The molecular formula is C12H12O3. The van der Waals surface area contributed by atoms with E-state index in [0.717, 1.165) is 18.6 Å². The minimum absolute atomic E-state index is 0.185. The maximum absolute atomic E-state index is 12.0. The molecule has 78 valence electrons. The zero-order valence-electron chi connectivity index (χ0n) is 8.53. The number of ether oxygens (including phenoxy) is 2. The number of benzene rings is 1. The van der Waals surface area contributed by atoms with Crippen molar-refractivity contribution < 1.29 is 14.3 Å². The van der Waals surface area contributed by atoms with Crippen molar-refractivity contribution in [3.8, 4) is 11.5 Å². The molecule has 0 radical (unpaired) electrons. The van der Waals surface area contributed by atoms with E-state index in [1.165, 1.54) is 0 Å². The van der Waals surface area contributed by atoms with Crippen LogP contribution in [0.2, 0.25) is 0 Å². The molecule has 0 unspecified atom stereocenters. The molecule has 2 bridgehead atoms. The lowest BCUT2D eigenvalue weighted by atomic mass is 9.78. The van der Waals surface area contributed by atoms with Crippen LogP contribution in [0.25, 0.3) is 0 Å². The molecule has 0 spiro atoms. The number of carbonyl (C=O) groups excluding carboxylic acids is 1. The average Bonchev–Trinajstić information content (AvgIpc) is 2.41. The second-order valence-electron chi connectivity index (χ2n) is 4.13. The van der Waals surface area contributed by atoms with Gasteiger partial charge in [0.25, 0.3) is 0 Å². The molecule has 4 rings (SSSR count). The van der Waals surface area contributed by atoms with E-state index in [1.807, 2.05) is 6.07 Å². The summed E-state index contributed by atoms with van der Waals surface area (Å²) in [7, 11) is 1.61. The molecule has 0 saturated heterocycles. The third kappa shape index (κ3) is 1.23. The second kappa shape index (κ2) is 2.99. The fourth-order valence-corrected chi connectivity index (χ4v) is 2.21. The van der Waals surface area contributed by atoms with E-state index in [9.17, 15) is 4.79 Å². The number of rotatable bonds is 1. The quantitative estimate of drug-likeness (QED) is 0.702. The minimum atomic E-state index is 0.185. The van der Waals surface area contributed by atoms with Crippen molar-refractivity contribution >= 4 is 5.78 Å². The maximum Gasteiger partial charge on any atom is 0.169 e. The van der Waals surface area contributed by atoms with Crippen LogP contribution in [0.15, 0.2) is 18.2 Å². The Kier molecular flexibility index (Phi) is 1.75. The summed E-state index contributed by atoms with van der Waals surface area (Å²) in [6.07, 6.45) is 1.97. The van der Waals surface area contributed by atoms with Crippen molar-refractivity contribution in [1.82, 2.24) is 0 Å². The Morgan fingerprint density at radius 1 is 1.40 bits per heavy atom. The van der Waals surface area contributed by atoms with E-state index in [4.69, 9.17) is 9.47 Å². The van der Waals surface area contributed by atoms with Crippen LogP contribution in [0.5, 0.6) is 11.5 Å². The molecule has 0 atom stereocenters. The van der Waals surface area contributed by atoms with Crippen LogP contribution in [-0.2, 0) is 0 Å². The molecule has 3 heteroatoms. The molecule has 0 N–H and O–H groups in total. The minimum Gasteiger partial charge on any atom is -0.497 e. The summed E-state index contributed by atoms with van der Waals surface area (Å²) in [5.74, 6) is 1.83. The SMILES string of the molecule is COc1ccc2c(c1)OC1CC(C1)C2=O. The summed E-state index contributed by atoms with van der Waals surface area (Å²) in [4.78, 5) is 12.0.